The van der Waals surface area contributed by atoms with Crippen molar-refractivity contribution < 1.29 is 18.8 Å². The van der Waals surface area contributed by atoms with Crippen LogP contribution in [0, 0.1) is 6.92 Å². The van der Waals surface area contributed by atoms with Crippen LogP contribution in [-0.4, -0.2) is 47.3 Å². The number of hydrogen-bond acceptors (Lipinski definition) is 7. The van der Waals surface area contributed by atoms with Crippen molar-refractivity contribution in [1.29, 1.82) is 0 Å². The Labute approximate surface area is 154 Å². The van der Waals surface area contributed by atoms with E-state index in [0.717, 1.165) is 21.6 Å². The molecule has 26 heavy (non-hydrogen) atoms. The van der Waals surface area contributed by atoms with Crippen molar-refractivity contribution in [2.75, 3.05) is 20.3 Å². The third kappa shape index (κ3) is 3.42. The first kappa shape index (κ1) is 17.0. The number of thiazole rings is 1. The minimum atomic E-state index is -0.171. The molecule has 3 heterocycles. The second-order valence-corrected chi connectivity index (χ2v) is 7.50. The molecule has 1 aliphatic heterocycles. The molecule has 1 saturated heterocycles. The maximum Gasteiger partial charge on any atom is 0.276 e. The highest BCUT2D eigenvalue weighted by atomic mass is 32.1. The number of aromatic nitrogens is 2. The molecule has 0 saturated carbocycles. The molecule has 0 radical (unpaired) electrons. The molecule has 4 rings (SSSR count). The van der Waals surface area contributed by atoms with Crippen LogP contribution in [0.4, 0.5) is 0 Å². The lowest BCUT2D eigenvalue weighted by Gasteiger charge is -2.21. The fourth-order valence-corrected chi connectivity index (χ4v) is 3.73. The van der Waals surface area contributed by atoms with Crippen LogP contribution in [0.15, 0.2) is 28.8 Å². The number of likely N-dealkylation sites (N-methyl/N-ethyl adjacent to an activating group) is 1. The summed E-state index contributed by atoms with van der Waals surface area (Å²) >= 11 is 1.65. The number of benzene rings is 1. The number of carbonyl (C=O) groups excluding carboxylic acids is 1. The molecule has 1 fully saturated rings. The third-order valence-electron chi connectivity index (χ3n) is 4.40. The summed E-state index contributed by atoms with van der Waals surface area (Å²) in [5, 5.41) is 4.90. The predicted molar refractivity (Wildman–Crippen MR) is 96.5 cm³/mol. The van der Waals surface area contributed by atoms with Gasteiger partial charge in [0.25, 0.3) is 5.91 Å². The van der Waals surface area contributed by atoms with E-state index in [4.69, 9.17) is 14.0 Å². The molecule has 1 aromatic carbocycles. The Kier molecular flexibility index (Phi) is 4.60. The van der Waals surface area contributed by atoms with Crippen LogP contribution in [0.2, 0.25) is 0 Å². The van der Waals surface area contributed by atoms with E-state index in [1.54, 1.807) is 29.4 Å². The van der Waals surface area contributed by atoms with E-state index in [-0.39, 0.29) is 24.2 Å². The number of aryl methyl sites for hydroxylation is 1. The fraction of sp³-hybridized carbons (Fsp3) is 0.389. The lowest BCUT2D eigenvalue weighted by molar-refractivity contribution is 0.0700. The van der Waals surface area contributed by atoms with E-state index < -0.39 is 0 Å². The van der Waals surface area contributed by atoms with Gasteiger partial charge in [-0.1, -0.05) is 5.16 Å². The average Bonchev–Trinajstić information content (AvgIpc) is 3.37. The number of nitrogens with zero attached hydrogens (tertiary/aromatic N) is 3. The van der Waals surface area contributed by atoms with E-state index in [9.17, 15) is 4.79 Å². The van der Waals surface area contributed by atoms with E-state index in [1.807, 2.05) is 25.1 Å². The maximum absolute atomic E-state index is 12.5. The van der Waals surface area contributed by atoms with Crippen molar-refractivity contribution in [1.82, 2.24) is 15.0 Å². The molecule has 1 amide bonds. The summed E-state index contributed by atoms with van der Waals surface area (Å²) in [6.45, 7) is 3.43. The monoisotopic (exact) mass is 373 g/mol. The SMILES string of the molecule is Cc1nc2cc(OCc3cc(C(=O)N(C)C4CCOC4)no3)ccc2s1. The Morgan fingerprint density at radius 3 is 3.12 bits per heavy atom. The number of carbonyl (C=O) groups is 1. The molecule has 0 bridgehead atoms. The van der Waals surface area contributed by atoms with Crippen LogP contribution < -0.4 is 4.74 Å². The molecule has 136 valence electrons. The van der Waals surface area contributed by atoms with Crippen molar-refractivity contribution in [3.05, 3.63) is 40.7 Å². The average molecular weight is 373 g/mol. The minimum absolute atomic E-state index is 0.0900. The molecule has 1 unspecified atom stereocenters. The summed E-state index contributed by atoms with van der Waals surface area (Å²) < 4.78 is 17.4. The standard InChI is InChI=1S/C18H19N3O4S/c1-11-19-15-7-13(3-4-17(15)26-11)24-10-14-8-16(20-25-14)18(22)21(2)12-5-6-23-9-12/h3-4,7-8,12H,5-6,9-10H2,1-2H3. The molecule has 1 atom stereocenters. The highest BCUT2D eigenvalue weighted by Gasteiger charge is 2.26. The van der Waals surface area contributed by atoms with Crippen LogP contribution in [0.25, 0.3) is 10.2 Å². The van der Waals surface area contributed by atoms with Gasteiger partial charge < -0.3 is 18.9 Å². The van der Waals surface area contributed by atoms with Gasteiger partial charge in [-0.15, -0.1) is 11.3 Å². The zero-order valence-corrected chi connectivity index (χ0v) is 15.4. The van der Waals surface area contributed by atoms with Crippen molar-refractivity contribution in [2.24, 2.45) is 0 Å². The normalized spacial score (nSPS) is 16.9. The number of hydrogen-bond donors (Lipinski definition) is 0. The molecule has 7 nitrogen and oxygen atoms in total. The molecular weight excluding hydrogens is 354 g/mol. The van der Waals surface area contributed by atoms with Gasteiger partial charge in [-0.25, -0.2) is 4.98 Å². The summed E-state index contributed by atoms with van der Waals surface area (Å²) in [5.41, 5.74) is 1.20. The minimum Gasteiger partial charge on any atom is -0.485 e. The predicted octanol–water partition coefficient (Wildman–Crippen LogP) is 3.03. The van der Waals surface area contributed by atoms with Gasteiger partial charge in [0.05, 0.1) is 27.9 Å². The Morgan fingerprint density at radius 2 is 2.31 bits per heavy atom. The molecule has 0 N–H and O–H groups in total. The van der Waals surface area contributed by atoms with E-state index in [0.29, 0.717) is 24.7 Å². The zero-order chi connectivity index (χ0) is 18.1. The molecule has 0 aliphatic carbocycles. The molecule has 8 heteroatoms. The van der Waals surface area contributed by atoms with Gasteiger partial charge in [-0.3, -0.25) is 4.79 Å². The van der Waals surface area contributed by atoms with Gasteiger partial charge in [0.15, 0.2) is 11.5 Å². The Hall–Kier alpha value is -2.45. The maximum atomic E-state index is 12.5. The summed E-state index contributed by atoms with van der Waals surface area (Å²) in [7, 11) is 1.76. The summed E-state index contributed by atoms with van der Waals surface area (Å²) in [4.78, 5) is 18.6. The molecule has 1 aliphatic rings. The summed E-state index contributed by atoms with van der Waals surface area (Å²) in [6.07, 6.45) is 0.842. The van der Waals surface area contributed by atoms with Gasteiger partial charge in [0, 0.05) is 25.8 Å². The van der Waals surface area contributed by atoms with Crippen molar-refractivity contribution in [3.8, 4) is 5.75 Å². The quantitative estimate of drug-likeness (QED) is 0.684. The van der Waals surface area contributed by atoms with Crippen molar-refractivity contribution in [3.63, 3.8) is 0 Å². The second-order valence-electron chi connectivity index (χ2n) is 6.26. The van der Waals surface area contributed by atoms with Gasteiger partial charge >= 0.3 is 0 Å². The summed E-state index contributed by atoms with van der Waals surface area (Å²) in [5.74, 6) is 1.03. The van der Waals surface area contributed by atoms with Crippen molar-refractivity contribution >= 4 is 27.5 Å². The number of amides is 1. The van der Waals surface area contributed by atoms with Gasteiger partial charge in [-0.2, -0.15) is 0 Å². The first-order valence-electron chi connectivity index (χ1n) is 8.40. The van der Waals surface area contributed by atoms with E-state index in [2.05, 4.69) is 10.1 Å². The largest absolute Gasteiger partial charge is 0.485 e. The Balaban J connectivity index is 1.40. The topological polar surface area (TPSA) is 77.7 Å². The molecular formula is C18H19N3O4S. The molecule has 0 spiro atoms. The third-order valence-corrected chi connectivity index (χ3v) is 5.35. The van der Waals surface area contributed by atoms with Gasteiger partial charge in [-0.05, 0) is 25.5 Å². The molecule has 2 aromatic heterocycles. The number of ether oxygens (including phenoxy) is 2. The number of fused-ring (bicyclic) bond motifs is 1. The van der Waals surface area contributed by atoms with Crippen LogP contribution in [-0.2, 0) is 11.3 Å². The lowest BCUT2D eigenvalue weighted by Crippen LogP contribution is -2.37. The smallest absolute Gasteiger partial charge is 0.276 e. The first-order valence-corrected chi connectivity index (χ1v) is 9.22. The van der Waals surface area contributed by atoms with Crippen LogP contribution in [0.5, 0.6) is 5.75 Å². The van der Waals surface area contributed by atoms with Gasteiger partial charge in [0.1, 0.15) is 12.4 Å². The second kappa shape index (κ2) is 7.05. The zero-order valence-electron chi connectivity index (χ0n) is 14.6. The molecule has 3 aromatic rings. The fourth-order valence-electron chi connectivity index (χ4n) is 2.92. The van der Waals surface area contributed by atoms with Crippen LogP contribution in [0.3, 0.4) is 0 Å². The van der Waals surface area contributed by atoms with Crippen molar-refractivity contribution in [2.45, 2.75) is 26.0 Å². The Bertz CT molecular complexity index is 930. The first-order chi connectivity index (χ1) is 12.6. The van der Waals surface area contributed by atoms with E-state index in [1.165, 1.54) is 0 Å². The van der Waals surface area contributed by atoms with Crippen LogP contribution >= 0.6 is 11.3 Å². The number of rotatable bonds is 5. The lowest BCUT2D eigenvalue weighted by atomic mass is 10.2. The summed E-state index contributed by atoms with van der Waals surface area (Å²) in [6, 6.07) is 7.50. The van der Waals surface area contributed by atoms with Gasteiger partial charge in [0.2, 0.25) is 0 Å². The van der Waals surface area contributed by atoms with Crippen LogP contribution in [0.1, 0.15) is 27.7 Å². The highest BCUT2D eigenvalue weighted by molar-refractivity contribution is 7.18. The Morgan fingerprint density at radius 1 is 1.42 bits per heavy atom. The van der Waals surface area contributed by atoms with E-state index >= 15 is 0 Å². The highest BCUT2D eigenvalue weighted by Crippen LogP contribution is 2.26.